The summed E-state index contributed by atoms with van der Waals surface area (Å²) in [5.41, 5.74) is 0.756. The minimum atomic E-state index is -0.865. The third-order valence-electron chi connectivity index (χ3n) is 5.18. The van der Waals surface area contributed by atoms with Crippen LogP contribution in [0.4, 0.5) is 5.69 Å². The van der Waals surface area contributed by atoms with E-state index in [1.54, 1.807) is 6.92 Å². The van der Waals surface area contributed by atoms with E-state index in [0.717, 1.165) is 29.8 Å². The maximum Gasteiger partial charge on any atom is 0.308 e. The third kappa shape index (κ3) is 5.03. The molecule has 1 aromatic rings. The summed E-state index contributed by atoms with van der Waals surface area (Å²) in [6.07, 6.45) is 3.44. The minimum absolute atomic E-state index is 0.0672. The fourth-order valence-corrected chi connectivity index (χ4v) is 4.60. The van der Waals surface area contributed by atoms with Crippen molar-refractivity contribution in [1.82, 2.24) is 5.32 Å². The first-order valence-electron chi connectivity index (χ1n) is 9.50. The van der Waals surface area contributed by atoms with Crippen molar-refractivity contribution in [3.63, 3.8) is 0 Å². The van der Waals surface area contributed by atoms with Gasteiger partial charge in [-0.05, 0) is 37.8 Å². The van der Waals surface area contributed by atoms with Crippen molar-refractivity contribution >= 4 is 35.2 Å². The Balaban J connectivity index is 1.50. The Hall–Kier alpha value is -2.02. The topological polar surface area (TPSA) is 84.5 Å². The lowest BCUT2D eigenvalue weighted by Crippen LogP contribution is -2.46. The first-order chi connectivity index (χ1) is 12.9. The summed E-state index contributed by atoms with van der Waals surface area (Å²) in [5.74, 6) is -0.591. The number of nitrogens with one attached hydrogen (secondary N) is 2. The smallest absolute Gasteiger partial charge is 0.308 e. The van der Waals surface area contributed by atoms with Crippen LogP contribution in [0.1, 0.15) is 46.0 Å². The quantitative estimate of drug-likeness (QED) is 0.755. The lowest BCUT2D eigenvalue weighted by atomic mass is 9.86. The Kier molecular flexibility index (Phi) is 6.42. The van der Waals surface area contributed by atoms with Gasteiger partial charge < -0.3 is 15.4 Å². The number of rotatable bonds is 5. The molecule has 1 fully saturated rings. The van der Waals surface area contributed by atoms with Crippen molar-refractivity contribution in [3.05, 3.63) is 24.3 Å². The number of amides is 2. The van der Waals surface area contributed by atoms with Gasteiger partial charge in [-0.1, -0.05) is 31.9 Å². The van der Waals surface area contributed by atoms with Gasteiger partial charge in [-0.2, -0.15) is 0 Å². The number of thioether (sulfide) groups is 1. The van der Waals surface area contributed by atoms with Crippen LogP contribution in [0.15, 0.2) is 29.2 Å². The van der Waals surface area contributed by atoms with Crippen LogP contribution < -0.4 is 10.6 Å². The van der Waals surface area contributed by atoms with Crippen LogP contribution in [0.25, 0.3) is 0 Å². The molecule has 1 heterocycles. The largest absolute Gasteiger partial charge is 0.453 e. The van der Waals surface area contributed by atoms with Gasteiger partial charge in [-0.3, -0.25) is 14.4 Å². The zero-order valence-corrected chi connectivity index (χ0v) is 16.5. The first-order valence-corrected chi connectivity index (χ1v) is 10.4. The molecule has 3 rings (SSSR count). The van der Waals surface area contributed by atoms with Gasteiger partial charge in [0.25, 0.3) is 5.91 Å². The molecule has 0 unspecified atom stereocenters. The summed E-state index contributed by atoms with van der Waals surface area (Å²) < 4.78 is 5.28. The molecule has 27 heavy (non-hydrogen) atoms. The van der Waals surface area contributed by atoms with E-state index in [4.69, 9.17) is 4.74 Å². The van der Waals surface area contributed by atoms with Crippen LogP contribution in [0.3, 0.4) is 0 Å². The van der Waals surface area contributed by atoms with Crippen LogP contribution in [-0.4, -0.2) is 35.2 Å². The molecule has 1 aromatic carbocycles. The van der Waals surface area contributed by atoms with Crippen molar-refractivity contribution in [2.45, 2.75) is 68.2 Å². The second-order valence-electron chi connectivity index (χ2n) is 7.30. The van der Waals surface area contributed by atoms with Gasteiger partial charge in [-0.25, -0.2) is 0 Å². The number of ether oxygens (including phenoxy) is 1. The van der Waals surface area contributed by atoms with Gasteiger partial charge in [0.15, 0.2) is 6.10 Å². The average Bonchev–Trinajstić information content (AvgIpc) is 2.64. The van der Waals surface area contributed by atoms with Gasteiger partial charge in [0, 0.05) is 10.9 Å². The fraction of sp³-hybridized carbons (Fsp3) is 0.550. The van der Waals surface area contributed by atoms with Crippen LogP contribution >= 0.6 is 11.8 Å². The second-order valence-corrected chi connectivity index (χ2v) is 8.55. The van der Waals surface area contributed by atoms with Gasteiger partial charge >= 0.3 is 5.97 Å². The molecule has 0 radical (unpaired) electrons. The number of benzene rings is 1. The van der Waals surface area contributed by atoms with E-state index in [9.17, 15) is 14.4 Å². The molecule has 4 atom stereocenters. The molecule has 2 amide bonds. The SMILES string of the molecule is C[C@@H]1CCCC[C@H]1NC(=O)[C@@H](C)OC(=O)C[C@H]1Sc2ccccc2NC1=O. The fourth-order valence-electron chi connectivity index (χ4n) is 3.51. The number of hydrogen-bond donors (Lipinski definition) is 2. The molecule has 6 nitrogen and oxygen atoms in total. The number of fused-ring (bicyclic) bond motifs is 1. The molecule has 0 saturated heterocycles. The van der Waals surface area contributed by atoms with Gasteiger partial charge in [0.05, 0.1) is 17.4 Å². The first kappa shape index (κ1) is 19.7. The molecule has 146 valence electrons. The normalized spacial score (nSPS) is 25.7. The Morgan fingerprint density at radius 1 is 1.30 bits per heavy atom. The van der Waals surface area contributed by atoms with Gasteiger partial charge in [-0.15, -0.1) is 11.8 Å². The van der Waals surface area contributed by atoms with E-state index in [1.807, 2.05) is 24.3 Å². The maximum absolute atomic E-state index is 12.3. The highest BCUT2D eigenvalue weighted by molar-refractivity contribution is 8.01. The number of hydrogen-bond acceptors (Lipinski definition) is 5. The second kappa shape index (κ2) is 8.78. The van der Waals surface area contributed by atoms with E-state index in [2.05, 4.69) is 17.6 Å². The summed E-state index contributed by atoms with van der Waals surface area (Å²) in [7, 11) is 0. The van der Waals surface area contributed by atoms with Crippen molar-refractivity contribution < 1.29 is 19.1 Å². The van der Waals surface area contributed by atoms with Crippen molar-refractivity contribution in [2.75, 3.05) is 5.32 Å². The number of anilines is 1. The summed E-state index contributed by atoms with van der Waals surface area (Å²) in [4.78, 5) is 37.7. The summed E-state index contributed by atoms with van der Waals surface area (Å²) in [6.45, 7) is 3.71. The molecule has 1 saturated carbocycles. The Morgan fingerprint density at radius 2 is 2.04 bits per heavy atom. The van der Waals surface area contributed by atoms with Gasteiger partial charge in [0.1, 0.15) is 0 Å². The number of esters is 1. The molecule has 0 aromatic heterocycles. The van der Waals surface area contributed by atoms with Crippen LogP contribution in [0.2, 0.25) is 0 Å². The van der Waals surface area contributed by atoms with Crippen LogP contribution in [0.5, 0.6) is 0 Å². The number of carbonyl (C=O) groups is 3. The minimum Gasteiger partial charge on any atom is -0.453 e. The predicted octanol–water partition coefficient (Wildman–Crippen LogP) is 3.12. The summed E-state index contributed by atoms with van der Waals surface area (Å²) in [6, 6.07) is 7.61. The standard InChI is InChI=1S/C20H26N2O4S/c1-12-7-3-4-8-14(12)21-19(24)13(2)26-18(23)11-17-20(25)22-15-9-5-6-10-16(15)27-17/h5-6,9-10,12-14,17H,3-4,7-8,11H2,1-2H3,(H,21,24)(H,22,25)/t12-,13-,14-,17-/m1/s1. The molecular weight excluding hydrogens is 364 g/mol. The lowest BCUT2D eigenvalue weighted by Gasteiger charge is -2.30. The van der Waals surface area contributed by atoms with E-state index in [0.29, 0.717) is 5.92 Å². The molecule has 1 aliphatic carbocycles. The van der Waals surface area contributed by atoms with E-state index in [1.165, 1.54) is 18.2 Å². The van der Waals surface area contributed by atoms with E-state index < -0.39 is 17.3 Å². The molecule has 2 N–H and O–H groups in total. The summed E-state index contributed by atoms with van der Waals surface area (Å²) in [5, 5.41) is 5.25. The number of carbonyl (C=O) groups excluding carboxylic acids is 3. The average molecular weight is 391 g/mol. The highest BCUT2D eigenvalue weighted by Gasteiger charge is 2.31. The van der Waals surface area contributed by atoms with Gasteiger partial charge in [0.2, 0.25) is 5.91 Å². The Bertz CT molecular complexity index is 724. The molecular formula is C20H26N2O4S. The lowest BCUT2D eigenvalue weighted by molar-refractivity contribution is -0.155. The van der Waals surface area contributed by atoms with Crippen molar-refractivity contribution in [2.24, 2.45) is 5.92 Å². The van der Waals surface area contributed by atoms with Crippen molar-refractivity contribution in [3.8, 4) is 0 Å². The summed E-state index contributed by atoms with van der Waals surface area (Å²) >= 11 is 1.34. The molecule has 0 bridgehead atoms. The highest BCUT2D eigenvalue weighted by Crippen LogP contribution is 2.36. The molecule has 2 aliphatic rings. The molecule has 1 aliphatic heterocycles. The predicted molar refractivity (Wildman–Crippen MR) is 104 cm³/mol. The van der Waals surface area contributed by atoms with Crippen LogP contribution in [0, 0.1) is 5.92 Å². The maximum atomic E-state index is 12.3. The monoisotopic (exact) mass is 390 g/mol. The third-order valence-corrected chi connectivity index (χ3v) is 6.45. The van der Waals surface area contributed by atoms with E-state index in [-0.39, 0.29) is 24.3 Å². The molecule has 0 spiro atoms. The van der Waals surface area contributed by atoms with E-state index >= 15 is 0 Å². The highest BCUT2D eigenvalue weighted by atomic mass is 32.2. The van der Waals surface area contributed by atoms with Crippen LogP contribution in [-0.2, 0) is 19.1 Å². The zero-order valence-electron chi connectivity index (χ0n) is 15.7. The molecule has 7 heteroatoms. The Morgan fingerprint density at radius 3 is 2.81 bits per heavy atom. The Labute approximate surface area is 163 Å². The number of para-hydroxylation sites is 1. The zero-order chi connectivity index (χ0) is 19.4. The van der Waals surface area contributed by atoms with Crippen molar-refractivity contribution in [1.29, 1.82) is 0 Å².